The lowest BCUT2D eigenvalue weighted by atomic mass is 9.77. The first-order valence-corrected chi connectivity index (χ1v) is 9.59. The number of methoxy groups -OCH3 is 1. The number of halogens is 1. The molecule has 0 bridgehead atoms. The zero-order valence-electron chi connectivity index (χ0n) is 16.5. The smallest absolute Gasteiger partial charge is 0.325 e. The molecule has 1 fully saturated rings. The Morgan fingerprint density at radius 1 is 1.41 bits per heavy atom. The number of piperidine rings is 1. The predicted molar refractivity (Wildman–Crippen MR) is 102 cm³/mol. The first kappa shape index (κ1) is 20.8. The summed E-state index contributed by atoms with van der Waals surface area (Å²) in [6, 6.07) is 2.33. The molecule has 0 aromatic carbocycles. The van der Waals surface area contributed by atoms with Gasteiger partial charge in [-0.3, -0.25) is 19.5 Å². The van der Waals surface area contributed by atoms with E-state index < -0.39 is 29.6 Å². The van der Waals surface area contributed by atoms with E-state index in [0.29, 0.717) is 18.7 Å². The number of nitrogens with zero attached hydrogens (tertiary/aromatic N) is 4. The fraction of sp³-hybridized carbons (Fsp3) is 0.526. The van der Waals surface area contributed by atoms with Crippen LogP contribution in [0.1, 0.15) is 43.1 Å². The van der Waals surface area contributed by atoms with Gasteiger partial charge in [0.05, 0.1) is 12.6 Å². The van der Waals surface area contributed by atoms with E-state index in [2.05, 4.69) is 25.8 Å². The normalized spacial score (nSPS) is 24.1. The van der Waals surface area contributed by atoms with E-state index in [1.807, 2.05) is 6.92 Å². The minimum Gasteiger partial charge on any atom is -0.468 e. The molecule has 156 valence electrons. The lowest BCUT2D eigenvalue weighted by molar-refractivity contribution is -0.147. The van der Waals surface area contributed by atoms with Crippen molar-refractivity contribution in [3.05, 3.63) is 36.5 Å². The third-order valence-electron chi connectivity index (χ3n) is 5.11. The number of unbranched alkanes of at least 4 members (excludes halogenated alkanes) is 1. The van der Waals surface area contributed by atoms with Crippen molar-refractivity contribution < 1.29 is 18.7 Å². The van der Waals surface area contributed by atoms with Crippen LogP contribution in [-0.2, 0) is 9.53 Å². The van der Waals surface area contributed by atoms with Crippen LogP contribution in [0.5, 0.6) is 0 Å². The Bertz CT molecular complexity index is 829. The summed E-state index contributed by atoms with van der Waals surface area (Å²) in [7, 11) is 1.28. The minimum absolute atomic E-state index is 0.0199. The predicted octanol–water partition coefficient (Wildman–Crippen LogP) is 1.19. The summed E-state index contributed by atoms with van der Waals surface area (Å²) < 4.78 is 20.9. The second-order valence-electron chi connectivity index (χ2n) is 7.13. The Balaban J connectivity index is 1.84. The largest absolute Gasteiger partial charge is 0.468 e. The second-order valence-corrected chi connectivity index (χ2v) is 7.13. The molecule has 1 saturated heterocycles. The van der Waals surface area contributed by atoms with Gasteiger partial charge >= 0.3 is 5.97 Å². The summed E-state index contributed by atoms with van der Waals surface area (Å²) in [4.78, 5) is 29.2. The molecule has 2 N–H and O–H groups in total. The van der Waals surface area contributed by atoms with Crippen molar-refractivity contribution in [3.63, 3.8) is 0 Å². The van der Waals surface area contributed by atoms with Crippen LogP contribution in [-0.4, -0.2) is 63.0 Å². The van der Waals surface area contributed by atoms with Crippen LogP contribution in [0, 0.1) is 0 Å². The van der Waals surface area contributed by atoms with E-state index in [-0.39, 0.29) is 18.7 Å². The van der Waals surface area contributed by atoms with Gasteiger partial charge in [0.15, 0.2) is 11.5 Å². The molecule has 3 unspecified atom stereocenters. The zero-order valence-corrected chi connectivity index (χ0v) is 16.5. The summed E-state index contributed by atoms with van der Waals surface area (Å²) in [5.41, 5.74) is -1.03. The maximum absolute atomic E-state index is 14.3. The van der Waals surface area contributed by atoms with E-state index in [1.54, 1.807) is 29.4 Å². The van der Waals surface area contributed by atoms with Gasteiger partial charge in [0.25, 0.3) is 5.91 Å². The quantitative estimate of drug-likeness (QED) is 0.667. The average molecular weight is 404 g/mol. The molecule has 3 atom stereocenters. The molecule has 0 radical (unpaired) electrons. The number of hydrogen-bond acceptors (Lipinski definition) is 7. The van der Waals surface area contributed by atoms with E-state index in [0.717, 1.165) is 6.42 Å². The molecule has 0 spiro atoms. The molecular formula is C19H25FN6O3. The van der Waals surface area contributed by atoms with Crippen molar-refractivity contribution in [2.24, 2.45) is 0 Å². The van der Waals surface area contributed by atoms with Crippen LogP contribution in [0.15, 0.2) is 30.9 Å². The number of ether oxygens (including phenoxy) is 1. The zero-order chi connectivity index (χ0) is 20.9. The summed E-state index contributed by atoms with van der Waals surface area (Å²) >= 11 is 0. The van der Waals surface area contributed by atoms with Crippen molar-refractivity contribution in [2.75, 3.05) is 13.7 Å². The van der Waals surface area contributed by atoms with Gasteiger partial charge in [-0.15, -0.1) is 10.2 Å². The number of alkyl halides is 1. The van der Waals surface area contributed by atoms with Crippen molar-refractivity contribution in [3.8, 4) is 5.82 Å². The van der Waals surface area contributed by atoms with E-state index in [4.69, 9.17) is 4.74 Å². The highest BCUT2D eigenvalue weighted by atomic mass is 19.1. The molecule has 1 amide bonds. The third-order valence-corrected chi connectivity index (χ3v) is 5.11. The Labute approximate surface area is 168 Å². The van der Waals surface area contributed by atoms with Crippen LogP contribution in [0.4, 0.5) is 4.39 Å². The van der Waals surface area contributed by atoms with Gasteiger partial charge in [0.2, 0.25) is 0 Å². The van der Waals surface area contributed by atoms with E-state index >= 15 is 0 Å². The maximum Gasteiger partial charge on any atom is 0.325 e. The summed E-state index contributed by atoms with van der Waals surface area (Å²) in [6.45, 7) is 2.02. The molecule has 10 heteroatoms. The van der Waals surface area contributed by atoms with Gasteiger partial charge in [0.1, 0.15) is 18.5 Å². The van der Waals surface area contributed by atoms with Gasteiger partial charge in [-0.2, -0.15) is 0 Å². The molecule has 9 nitrogen and oxygen atoms in total. The number of aromatic nitrogens is 4. The summed E-state index contributed by atoms with van der Waals surface area (Å²) in [5, 5.41) is 13.8. The number of carbonyl (C=O) groups excluding carboxylic acids is 2. The van der Waals surface area contributed by atoms with Crippen molar-refractivity contribution >= 4 is 11.9 Å². The van der Waals surface area contributed by atoms with E-state index in [9.17, 15) is 14.0 Å². The standard InChI is InChI=1S/C19H25FN6O3/c1-3-4-7-19(10-13(20)11-22-16(19)18(28)29-2)23-17(27)14-5-6-15(25-24-14)26-9-8-21-12-26/h5-6,8-9,12-13,16,22H,3-4,7,10-11H2,1-2H3,(H,23,27). The molecule has 2 aromatic rings. The van der Waals surface area contributed by atoms with Crippen LogP contribution in [0.25, 0.3) is 5.82 Å². The number of nitrogens with one attached hydrogen (secondary N) is 2. The fourth-order valence-electron chi connectivity index (χ4n) is 3.65. The van der Waals surface area contributed by atoms with Gasteiger partial charge in [0, 0.05) is 25.4 Å². The molecule has 2 aromatic heterocycles. The van der Waals surface area contributed by atoms with Gasteiger partial charge in [-0.05, 0) is 18.6 Å². The SMILES string of the molecule is CCCCC1(NC(=O)c2ccc(-n3ccnc3)nn2)CC(F)CNC1C(=O)OC. The minimum atomic E-state index is -1.19. The second kappa shape index (κ2) is 9.08. The Morgan fingerprint density at radius 3 is 2.86 bits per heavy atom. The molecule has 0 aliphatic carbocycles. The highest BCUT2D eigenvalue weighted by molar-refractivity contribution is 5.93. The molecule has 1 aliphatic heterocycles. The monoisotopic (exact) mass is 404 g/mol. The van der Waals surface area contributed by atoms with Crippen molar-refractivity contribution in [1.29, 1.82) is 0 Å². The topological polar surface area (TPSA) is 111 Å². The lowest BCUT2D eigenvalue weighted by Crippen LogP contribution is -2.69. The molecule has 29 heavy (non-hydrogen) atoms. The first-order chi connectivity index (χ1) is 14.0. The number of rotatable bonds is 7. The van der Waals surface area contributed by atoms with Gasteiger partial charge in [-0.25, -0.2) is 9.37 Å². The fourth-order valence-corrected chi connectivity index (χ4v) is 3.65. The number of hydrogen-bond donors (Lipinski definition) is 2. The Kier molecular flexibility index (Phi) is 6.53. The summed E-state index contributed by atoms with van der Waals surface area (Å²) in [5.74, 6) is -0.541. The van der Waals surface area contributed by atoms with E-state index in [1.165, 1.54) is 13.2 Å². The molecule has 3 heterocycles. The molecule has 1 aliphatic rings. The maximum atomic E-state index is 14.3. The van der Waals surface area contributed by atoms with Crippen LogP contribution in [0.2, 0.25) is 0 Å². The van der Waals surface area contributed by atoms with Crippen LogP contribution < -0.4 is 10.6 Å². The first-order valence-electron chi connectivity index (χ1n) is 9.59. The highest BCUT2D eigenvalue weighted by Crippen LogP contribution is 2.30. The third kappa shape index (κ3) is 4.58. The van der Waals surface area contributed by atoms with Crippen molar-refractivity contribution in [1.82, 2.24) is 30.4 Å². The van der Waals surface area contributed by atoms with Crippen LogP contribution >= 0.6 is 0 Å². The number of imidazole rings is 1. The van der Waals surface area contributed by atoms with Gasteiger partial charge in [-0.1, -0.05) is 19.8 Å². The number of esters is 1. The highest BCUT2D eigenvalue weighted by Gasteiger charge is 2.49. The molecule has 3 rings (SSSR count). The Hall–Kier alpha value is -2.88. The average Bonchev–Trinajstić information content (AvgIpc) is 3.27. The van der Waals surface area contributed by atoms with Crippen molar-refractivity contribution in [2.45, 2.75) is 50.4 Å². The number of carbonyl (C=O) groups is 2. The van der Waals surface area contributed by atoms with Crippen LogP contribution in [0.3, 0.4) is 0 Å². The molecule has 0 saturated carbocycles. The molecular weight excluding hydrogens is 379 g/mol. The Morgan fingerprint density at radius 2 is 2.24 bits per heavy atom. The summed E-state index contributed by atoms with van der Waals surface area (Å²) in [6.07, 6.45) is 5.70. The van der Waals surface area contributed by atoms with Gasteiger partial charge < -0.3 is 10.1 Å². The number of amides is 1. The lowest BCUT2D eigenvalue weighted by Gasteiger charge is -2.44.